The van der Waals surface area contributed by atoms with E-state index in [9.17, 15) is 0 Å². The molecular formula is C24H20BrNO3. The monoisotopic (exact) mass is 449 g/mol. The summed E-state index contributed by atoms with van der Waals surface area (Å²) in [4.78, 5) is 4.90. The lowest BCUT2D eigenvalue weighted by Gasteiger charge is -2.08. The van der Waals surface area contributed by atoms with E-state index in [-0.39, 0.29) is 0 Å². The summed E-state index contributed by atoms with van der Waals surface area (Å²) < 4.78 is 17.9. The van der Waals surface area contributed by atoms with E-state index in [2.05, 4.69) is 22.9 Å². The van der Waals surface area contributed by atoms with Crippen LogP contribution in [-0.4, -0.2) is 14.2 Å². The molecule has 0 radical (unpaired) electrons. The number of hydrogen-bond acceptors (Lipinski definition) is 4. The zero-order valence-corrected chi connectivity index (χ0v) is 18.0. The van der Waals surface area contributed by atoms with Gasteiger partial charge in [-0.05, 0) is 67.1 Å². The molecule has 0 unspecified atom stereocenters. The summed E-state index contributed by atoms with van der Waals surface area (Å²) in [6, 6.07) is 21.5. The molecule has 0 atom stereocenters. The minimum atomic E-state index is 0.732. The van der Waals surface area contributed by atoms with Gasteiger partial charge in [-0.1, -0.05) is 22.0 Å². The lowest BCUT2D eigenvalue weighted by Crippen LogP contribution is -2.03. The highest BCUT2D eigenvalue weighted by Gasteiger charge is 2.08. The number of ether oxygens (including phenoxy) is 2. The number of methoxy groups -OCH3 is 2. The molecule has 0 aliphatic carbocycles. The van der Waals surface area contributed by atoms with Crippen molar-refractivity contribution >= 4 is 32.6 Å². The standard InChI is InChI=1S/C24H20BrNO3/c1-15-4-7-17(12-21(15)25)26-22-14-24(16-5-8-18(27-2)9-6-16)29-23-11-10-19(28-3)13-20(22)23/h4-14H,1-3H3. The van der Waals surface area contributed by atoms with Gasteiger partial charge in [-0.25, -0.2) is 4.99 Å². The van der Waals surface area contributed by atoms with Crippen LogP contribution < -0.4 is 14.8 Å². The van der Waals surface area contributed by atoms with Gasteiger partial charge >= 0.3 is 0 Å². The number of halogens is 1. The van der Waals surface area contributed by atoms with E-state index in [1.165, 1.54) is 0 Å². The molecule has 1 heterocycles. The number of nitrogens with zero attached hydrogens (tertiary/aromatic N) is 1. The molecular weight excluding hydrogens is 430 g/mol. The number of rotatable bonds is 4. The molecule has 0 aliphatic heterocycles. The predicted octanol–water partition coefficient (Wildman–Crippen LogP) is 6.42. The summed E-state index contributed by atoms with van der Waals surface area (Å²) in [5.74, 6) is 2.29. The van der Waals surface area contributed by atoms with Gasteiger partial charge in [-0.3, -0.25) is 0 Å². The van der Waals surface area contributed by atoms with Gasteiger partial charge in [0.15, 0.2) is 0 Å². The van der Waals surface area contributed by atoms with Crippen LogP contribution in [0.5, 0.6) is 11.5 Å². The third kappa shape index (κ3) is 4.05. The van der Waals surface area contributed by atoms with E-state index in [0.717, 1.165) is 54.9 Å². The third-order valence-corrected chi connectivity index (χ3v) is 5.58. The van der Waals surface area contributed by atoms with Gasteiger partial charge in [0.05, 0.1) is 25.3 Å². The lowest BCUT2D eigenvalue weighted by molar-refractivity contribution is 0.414. The first kappa shape index (κ1) is 19.3. The van der Waals surface area contributed by atoms with Gasteiger partial charge in [0.2, 0.25) is 0 Å². The van der Waals surface area contributed by atoms with Crippen molar-refractivity contribution in [1.82, 2.24) is 0 Å². The van der Waals surface area contributed by atoms with E-state index in [0.29, 0.717) is 0 Å². The largest absolute Gasteiger partial charge is 0.497 e. The number of hydrogen-bond donors (Lipinski definition) is 0. The molecule has 29 heavy (non-hydrogen) atoms. The van der Waals surface area contributed by atoms with E-state index in [1.54, 1.807) is 14.2 Å². The zero-order chi connectivity index (χ0) is 20.4. The van der Waals surface area contributed by atoms with Crippen molar-refractivity contribution in [2.24, 2.45) is 4.99 Å². The molecule has 0 saturated carbocycles. The Morgan fingerprint density at radius 3 is 2.24 bits per heavy atom. The average Bonchev–Trinajstić information content (AvgIpc) is 2.76. The Hall–Kier alpha value is -3.05. The molecule has 4 aromatic rings. The van der Waals surface area contributed by atoms with E-state index >= 15 is 0 Å². The molecule has 4 nitrogen and oxygen atoms in total. The second-order valence-electron chi connectivity index (χ2n) is 6.63. The molecule has 0 aliphatic rings. The fourth-order valence-corrected chi connectivity index (χ4v) is 3.42. The highest BCUT2D eigenvalue weighted by Crippen LogP contribution is 2.27. The quantitative estimate of drug-likeness (QED) is 0.360. The summed E-state index contributed by atoms with van der Waals surface area (Å²) in [7, 11) is 3.30. The highest BCUT2D eigenvalue weighted by molar-refractivity contribution is 9.10. The number of benzene rings is 3. The normalized spacial score (nSPS) is 11.7. The van der Waals surface area contributed by atoms with Gasteiger partial charge in [-0.2, -0.15) is 0 Å². The fraction of sp³-hybridized carbons (Fsp3) is 0.125. The second kappa shape index (κ2) is 8.13. The predicted molar refractivity (Wildman–Crippen MR) is 119 cm³/mol. The Bertz CT molecular complexity index is 1240. The SMILES string of the molecule is COc1ccc(-c2cc(=Nc3ccc(C)c(Br)c3)c3cc(OC)ccc3o2)cc1. The van der Waals surface area contributed by atoms with Crippen LogP contribution in [-0.2, 0) is 0 Å². The molecule has 0 bridgehead atoms. The van der Waals surface area contributed by atoms with Gasteiger partial charge in [0.1, 0.15) is 22.8 Å². The van der Waals surface area contributed by atoms with Crippen LogP contribution in [0, 0.1) is 6.92 Å². The summed E-state index contributed by atoms with van der Waals surface area (Å²) in [5, 5.41) is 1.70. The molecule has 4 rings (SSSR count). The summed E-state index contributed by atoms with van der Waals surface area (Å²) in [5.41, 5.74) is 3.71. The second-order valence-corrected chi connectivity index (χ2v) is 7.49. The first-order valence-corrected chi connectivity index (χ1v) is 9.94. The van der Waals surface area contributed by atoms with Crippen LogP contribution >= 0.6 is 15.9 Å². The van der Waals surface area contributed by atoms with Gasteiger partial charge in [-0.15, -0.1) is 0 Å². The van der Waals surface area contributed by atoms with Crippen LogP contribution in [0.2, 0.25) is 0 Å². The van der Waals surface area contributed by atoms with Crippen molar-refractivity contribution in [3.63, 3.8) is 0 Å². The van der Waals surface area contributed by atoms with Crippen LogP contribution in [0.15, 0.2) is 80.6 Å². The first-order valence-electron chi connectivity index (χ1n) is 9.14. The van der Waals surface area contributed by atoms with Crippen LogP contribution in [0.4, 0.5) is 5.69 Å². The third-order valence-electron chi connectivity index (χ3n) is 4.73. The average molecular weight is 450 g/mol. The Labute approximate surface area is 177 Å². The molecule has 5 heteroatoms. The maximum Gasteiger partial charge on any atom is 0.137 e. The highest BCUT2D eigenvalue weighted by atomic mass is 79.9. The zero-order valence-electron chi connectivity index (χ0n) is 16.4. The number of aryl methyl sites for hydroxylation is 1. The van der Waals surface area contributed by atoms with Gasteiger partial charge in [0, 0.05) is 21.5 Å². The lowest BCUT2D eigenvalue weighted by atomic mass is 10.1. The van der Waals surface area contributed by atoms with Crippen LogP contribution in [0.25, 0.3) is 22.3 Å². The number of fused-ring (bicyclic) bond motifs is 1. The van der Waals surface area contributed by atoms with Crippen molar-refractivity contribution in [3.05, 3.63) is 82.1 Å². The molecule has 0 N–H and O–H groups in total. The fourth-order valence-electron chi connectivity index (χ4n) is 3.06. The molecule has 0 saturated heterocycles. The summed E-state index contributed by atoms with van der Waals surface area (Å²) in [6.45, 7) is 2.05. The molecule has 0 amide bonds. The van der Waals surface area contributed by atoms with E-state index in [1.807, 2.05) is 66.7 Å². The van der Waals surface area contributed by atoms with Crippen molar-refractivity contribution in [2.45, 2.75) is 6.92 Å². The Morgan fingerprint density at radius 1 is 0.828 bits per heavy atom. The first-order chi connectivity index (χ1) is 14.1. The Morgan fingerprint density at radius 2 is 1.55 bits per heavy atom. The molecule has 0 spiro atoms. The van der Waals surface area contributed by atoms with Crippen molar-refractivity contribution in [1.29, 1.82) is 0 Å². The Kier molecular flexibility index (Phi) is 5.41. The molecule has 1 aromatic heterocycles. The van der Waals surface area contributed by atoms with Crippen molar-refractivity contribution < 1.29 is 13.9 Å². The molecule has 3 aromatic carbocycles. The van der Waals surface area contributed by atoms with Crippen LogP contribution in [0.1, 0.15) is 5.56 Å². The van der Waals surface area contributed by atoms with E-state index < -0.39 is 0 Å². The summed E-state index contributed by atoms with van der Waals surface area (Å²) in [6.07, 6.45) is 0. The minimum Gasteiger partial charge on any atom is -0.497 e. The van der Waals surface area contributed by atoms with Gasteiger partial charge < -0.3 is 13.9 Å². The van der Waals surface area contributed by atoms with Crippen molar-refractivity contribution in [3.8, 4) is 22.8 Å². The topological polar surface area (TPSA) is 44.0 Å². The van der Waals surface area contributed by atoms with Crippen molar-refractivity contribution in [2.75, 3.05) is 14.2 Å². The van der Waals surface area contributed by atoms with Crippen LogP contribution in [0.3, 0.4) is 0 Å². The molecule has 146 valence electrons. The smallest absolute Gasteiger partial charge is 0.137 e. The maximum atomic E-state index is 6.18. The van der Waals surface area contributed by atoms with Gasteiger partial charge in [0.25, 0.3) is 0 Å². The summed E-state index contributed by atoms with van der Waals surface area (Å²) >= 11 is 3.59. The minimum absolute atomic E-state index is 0.732. The molecule has 0 fully saturated rings. The Balaban J connectivity index is 1.95. The maximum absolute atomic E-state index is 6.18. The van der Waals surface area contributed by atoms with E-state index in [4.69, 9.17) is 18.9 Å².